The van der Waals surface area contributed by atoms with Gasteiger partial charge in [0.2, 0.25) is 11.8 Å². The fourth-order valence-electron chi connectivity index (χ4n) is 7.80. The monoisotopic (exact) mass is 729 g/mol. The molecule has 2 aromatic carbocycles. The fourth-order valence-corrected chi connectivity index (χ4v) is 7.80. The summed E-state index contributed by atoms with van der Waals surface area (Å²) in [5, 5.41) is 11.4. The number of halogens is 3. The van der Waals surface area contributed by atoms with Gasteiger partial charge >= 0.3 is 6.18 Å². The highest BCUT2D eigenvalue weighted by molar-refractivity contribution is 6.05. The molecule has 3 fully saturated rings. The number of unbranched alkanes of at least 4 members (excludes halogenated alkanes) is 1. The average molecular weight is 730 g/mol. The molecule has 1 unspecified atom stereocenters. The molecule has 3 saturated heterocycles. The van der Waals surface area contributed by atoms with Crippen molar-refractivity contribution in [3.63, 3.8) is 0 Å². The Morgan fingerprint density at radius 3 is 2.34 bits per heavy atom. The lowest BCUT2D eigenvalue weighted by Gasteiger charge is -2.35. The standard InChI is InChI=1S/C39H42F3N7O4/c40-39(41,42)32-23-29(6-3-28(32)24-43)47-16-13-27(14-17-47)26-4-7-30(8-5-26)53-22-2-1-15-46-18-20-48(21-19-46)35-11-9-31-33(44-35)25-49(38(31)52)34-10-12-36(50)45-37(34)51/h3-9,11,23,27,34H,1-2,10,12-22,25H2,(H,45,50,51). The molecule has 14 heteroatoms. The Morgan fingerprint density at radius 1 is 0.887 bits per heavy atom. The minimum absolute atomic E-state index is 0.216. The molecule has 3 amide bonds. The number of hydrogen-bond donors (Lipinski definition) is 1. The van der Waals surface area contributed by atoms with Gasteiger partial charge in [-0.2, -0.15) is 18.4 Å². The van der Waals surface area contributed by atoms with Crippen LogP contribution in [0.4, 0.5) is 24.7 Å². The molecule has 1 N–H and O–H groups in total. The molecule has 0 aliphatic carbocycles. The van der Waals surface area contributed by atoms with Gasteiger partial charge in [-0.25, -0.2) is 4.98 Å². The van der Waals surface area contributed by atoms with Gasteiger partial charge in [0.25, 0.3) is 5.91 Å². The maximum Gasteiger partial charge on any atom is 0.417 e. The van der Waals surface area contributed by atoms with Gasteiger partial charge in [0.15, 0.2) is 0 Å². The number of rotatable bonds is 10. The zero-order chi connectivity index (χ0) is 37.1. The van der Waals surface area contributed by atoms with Crippen LogP contribution < -0.4 is 19.9 Å². The third-order valence-corrected chi connectivity index (χ3v) is 10.8. The van der Waals surface area contributed by atoms with Gasteiger partial charge in [0, 0.05) is 51.4 Å². The number of hydrogen-bond acceptors (Lipinski definition) is 9. The SMILES string of the molecule is N#Cc1ccc(N2CCC(c3ccc(OCCCCN4CCN(c5ccc6c(n5)CN(C5CCC(=O)NC5=O)C6=O)CC4)cc3)CC2)cc1C(F)(F)F. The highest BCUT2D eigenvalue weighted by Gasteiger charge is 2.40. The van der Waals surface area contributed by atoms with Crippen LogP contribution in [0.2, 0.25) is 0 Å². The molecule has 11 nitrogen and oxygen atoms in total. The van der Waals surface area contributed by atoms with Gasteiger partial charge in [-0.05, 0) is 92.6 Å². The van der Waals surface area contributed by atoms with E-state index in [2.05, 4.69) is 27.2 Å². The highest BCUT2D eigenvalue weighted by Crippen LogP contribution is 2.37. The number of benzene rings is 2. The number of carbonyl (C=O) groups is 3. The van der Waals surface area contributed by atoms with Crippen LogP contribution in [0.25, 0.3) is 0 Å². The van der Waals surface area contributed by atoms with Gasteiger partial charge < -0.3 is 19.4 Å². The largest absolute Gasteiger partial charge is 0.494 e. The van der Waals surface area contributed by atoms with E-state index in [1.54, 1.807) is 18.2 Å². The number of aromatic nitrogens is 1. The Morgan fingerprint density at radius 2 is 1.64 bits per heavy atom. The summed E-state index contributed by atoms with van der Waals surface area (Å²) in [4.78, 5) is 49.9. The second-order valence-electron chi connectivity index (χ2n) is 14.1. The average Bonchev–Trinajstić information content (AvgIpc) is 3.49. The lowest BCUT2D eigenvalue weighted by molar-refractivity contribution is -0.138. The van der Waals surface area contributed by atoms with Crippen LogP contribution in [0, 0.1) is 11.3 Å². The maximum atomic E-state index is 13.4. The van der Waals surface area contributed by atoms with Crippen molar-refractivity contribution in [1.29, 1.82) is 5.26 Å². The second kappa shape index (κ2) is 15.4. The van der Waals surface area contributed by atoms with E-state index in [1.165, 1.54) is 16.5 Å². The van der Waals surface area contributed by atoms with E-state index >= 15 is 0 Å². The van der Waals surface area contributed by atoms with E-state index in [9.17, 15) is 27.6 Å². The molecule has 4 aliphatic heterocycles. The number of nitrogens with zero attached hydrogens (tertiary/aromatic N) is 6. The first-order valence-electron chi connectivity index (χ1n) is 18.3. The Kier molecular flexibility index (Phi) is 10.5. The van der Waals surface area contributed by atoms with E-state index < -0.39 is 23.7 Å². The molecular formula is C39H42F3N7O4. The van der Waals surface area contributed by atoms with Crippen molar-refractivity contribution in [1.82, 2.24) is 20.1 Å². The van der Waals surface area contributed by atoms with Crippen LogP contribution in [0.15, 0.2) is 54.6 Å². The number of piperazine rings is 1. The Balaban J connectivity index is 0.800. The van der Waals surface area contributed by atoms with Crippen molar-refractivity contribution in [2.75, 3.05) is 62.2 Å². The fraction of sp³-hybridized carbons (Fsp3) is 0.462. The lowest BCUT2D eigenvalue weighted by Crippen LogP contribution is -2.52. The summed E-state index contributed by atoms with van der Waals surface area (Å²) in [6, 6.07) is 16.8. The summed E-state index contributed by atoms with van der Waals surface area (Å²) in [6.07, 6.45) is -0.433. The minimum Gasteiger partial charge on any atom is -0.494 e. The predicted molar refractivity (Wildman–Crippen MR) is 190 cm³/mol. The first-order valence-corrected chi connectivity index (χ1v) is 18.3. The Labute approximate surface area is 306 Å². The van der Waals surface area contributed by atoms with E-state index in [0.29, 0.717) is 49.0 Å². The first kappa shape index (κ1) is 36.2. The van der Waals surface area contributed by atoms with Crippen LogP contribution >= 0.6 is 0 Å². The number of ether oxygens (including phenoxy) is 1. The quantitative estimate of drug-likeness (QED) is 0.225. The normalized spacial score (nSPS) is 20.0. The molecule has 1 aromatic heterocycles. The molecule has 0 saturated carbocycles. The van der Waals surface area contributed by atoms with Crippen LogP contribution in [0.5, 0.6) is 5.75 Å². The van der Waals surface area contributed by atoms with Crippen molar-refractivity contribution >= 4 is 29.2 Å². The smallest absolute Gasteiger partial charge is 0.417 e. The predicted octanol–water partition coefficient (Wildman–Crippen LogP) is 5.10. The molecule has 53 heavy (non-hydrogen) atoms. The van der Waals surface area contributed by atoms with E-state index in [4.69, 9.17) is 15.0 Å². The number of imide groups is 1. The van der Waals surface area contributed by atoms with E-state index in [0.717, 1.165) is 76.0 Å². The molecule has 3 aromatic rings. The van der Waals surface area contributed by atoms with Crippen LogP contribution in [0.3, 0.4) is 0 Å². The first-order chi connectivity index (χ1) is 25.6. The van der Waals surface area contributed by atoms with Crippen molar-refractivity contribution in [3.8, 4) is 11.8 Å². The maximum absolute atomic E-state index is 13.4. The van der Waals surface area contributed by atoms with Crippen molar-refractivity contribution in [3.05, 3.63) is 82.5 Å². The summed E-state index contributed by atoms with van der Waals surface area (Å²) in [7, 11) is 0. The topological polar surface area (TPSA) is 122 Å². The number of nitriles is 1. The zero-order valence-electron chi connectivity index (χ0n) is 29.4. The van der Waals surface area contributed by atoms with Gasteiger partial charge in [0.05, 0.1) is 41.6 Å². The number of alkyl halides is 3. The number of piperidine rings is 2. The number of carbonyl (C=O) groups excluding carboxylic acids is 3. The Bertz CT molecular complexity index is 1880. The third kappa shape index (κ3) is 8.10. The molecule has 0 spiro atoms. The van der Waals surface area contributed by atoms with Gasteiger partial charge in [0.1, 0.15) is 17.6 Å². The number of nitrogens with one attached hydrogen (secondary N) is 1. The summed E-state index contributed by atoms with van der Waals surface area (Å²) in [5.74, 6) is 1.02. The molecule has 5 heterocycles. The number of fused-ring (bicyclic) bond motifs is 1. The Hall–Kier alpha value is -5.16. The highest BCUT2D eigenvalue weighted by atomic mass is 19.4. The molecular weight excluding hydrogens is 687 g/mol. The number of amides is 3. The lowest BCUT2D eigenvalue weighted by atomic mass is 9.89. The second-order valence-corrected chi connectivity index (χ2v) is 14.1. The van der Waals surface area contributed by atoms with Crippen molar-refractivity contribution in [2.24, 2.45) is 0 Å². The molecule has 278 valence electrons. The molecule has 0 bridgehead atoms. The summed E-state index contributed by atoms with van der Waals surface area (Å²) in [6.45, 7) is 6.61. The summed E-state index contributed by atoms with van der Waals surface area (Å²) in [5.41, 5.74) is 1.64. The summed E-state index contributed by atoms with van der Waals surface area (Å²) < 4.78 is 46.4. The number of anilines is 2. The number of pyridine rings is 1. The van der Waals surface area contributed by atoms with Gasteiger partial charge in [-0.3, -0.25) is 24.6 Å². The minimum atomic E-state index is -4.57. The molecule has 4 aliphatic rings. The molecule has 1 atom stereocenters. The van der Waals surface area contributed by atoms with E-state index in [1.807, 2.05) is 23.1 Å². The van der Waals surface area contributed by atoms with Crippen molar-refractivity contribution < 1.29 is 32.3 Å². The van der Waals surface area contributed by atoms with Crippen molar-refractivity contribution in [2.45, 2.75) is 63.2 Å². The molecule has 0 radical (unpaired) electrons. The molecule has 7 rings (SSSR count). The van der Waals surface area contributed by atoms with E-state index in [-0.39, 0.29) is 30.3 Å². The summed E-state index contributed by atoms with van der Waals surface area (Å²) >= 11 is 0. The van der Waals surface area contributed by atoms with Gasteiger partial charge in [-0.15, -0.1) is 0 Å². The zero-order valence-corrected chi connectivity index (χ0v) is 29.4. The van der Waals surface area contributed by atoms with Crippen LogP contribution in [-0.2, 0) is 22.3 Å². The van der Waals surface area contributed by atoms with Gasteiger partial charge in [-0.1, -0.05) is 12.1 Å². The third-order valence-electron chi connectivity index (χ3n) is 10.8. The van der Waals surface area contributed by atoms with Crippen LogP contribution in [-0.4, -0.2) is 91.0 Å². The van der Waals surface area contributed by atoms with Crippen LogP contribution in [0.1, 0.15) is 77.2 Å².